The first kappa shape index (κ1) is 12.8. The van der Waals surface area contributed by atoms with Gasteiger partial charge in [0.1, 0.15) is 0 Å². The van der Waals surface area contributed by atoms with Crippen molar-refractivity contribution in [1.82, 2.24) is 5.32 Å². The van der Waals surface area contributed by atoms with E-state index in [1.165, 1.54) is 0 Å². The van der Waals surface area contributed by atoms with Crippen LogP contribution in [0.15, 0.2) is 0 Å². The molecule has 4 nitrogen and oxygen atoms in total. The molecule has 0 aromatic carbocycles. The third-order valence-corrected chi connectivity index (χ3v) is 4.02. The first-order valence-corrected chi connectivity index (χ1v) is 6.76. The smallest absolute Gasteiger partial charge is 0.225 e. The van der Waals surface area contributed by atoms with Gasteiger partial charge in [0, 0.05) is 12.6 Å². The van der Waals surface area contributed by atoms with Gasteiger partial charge < -0.3 is 15.8 Å². The van der Waals surface area contributed by atoms with Crippen molar-refractivity contribution in [2.45, 2.75) is 57.0 Å². The molecule has 98 valence electrons. The zero-order chi connectivity index (χ0) is 12.3. The van der Waals surface area contributed by atoms with E-state index in [1.807, 2.05) is 0 Å². The fourth-order valence-electron chi connectivity index (χ4n) is 2.91. The molecular formula is C13H24N2O2. The Morgan fingerprint density at radius 1 is 1.35 bits per heavy atom. The van der Waals surface area contributed by atoms with Gasteiger partial charge in [-0.2, -0.15) is 0 Å². The summed E-state index contributed by atoms with van der Waals surface area (Å²) in [7, 11) is 0. The highest BCUT2D eigenvalue weighted by atomic mass is 16.5. The molecule has 0 radical (unpaired) electrons. The fourth-order valence-corrected chi connectivity index (χ4v) is 2.91. The second-order valence-electron chi connectivity index (χ2n) is 5.76. The van der Waals surface area contributed by atoms with E-state index in [0.29, 0.717) is 6.61 Å². The van der Waals surface area contributed by atoms with E-state index in [4.69, 9.17) is 10.5 Å². The summed E-state index contributed by atoms with van der Waals surface area (Å²) in [6.45, 7) is 3.51. The Kier molecular flexibility index (Phi) is 4.05. The molecule has 4 heteroatoms. The number of hydrogen-bond donors (Lipinski definition) is 2. The molecule has 1 saturated heterocycles. The monoisotopic (exact) mass is 240 g/mol. The molecule has 3 N–H and O–H groups in total. The summed E-state index contributed by atoms with van der Waals surface area (Å²) in [5, 5.41) is 3.15. The van der Waals surface area contributed by atoms with Gasteiger partial charge in [0.05, 0.1) is 18.1 Å². The van der Waals surface area contributed by atoms with Crippen LogP contribution in [0.3, 0.4) is 0 Å². The lowest BCUT2D eigenvalue weighted by atomic mass is 9.83. The molecule has 0 aromatic rings. The SMILES string of the molecule is CC1(NC(=O)C2CCCCC2N)CCCOC1. The molecule has 0 aromatic heterocycles. The van der Waals surface area contributed by atoms with Crippen LogP contribution in [0.5, 0.6) is 0 Å². The molecule has 2 fully saturated rings. The van der Waals surface area contributed by atoms with E-state index in [-0.39, 0.29) is 23.4 Å². The highest BCUT2D eigenvalue weighted by molar-refractivity contribution is 5.80. The number of amides is 1. The van der Waals surface area contributed by atoms with Gasteiger partial charge in [-0.05, 0) is 32.6 Å². The molecule has 2 rings (SSSR count). The van der Waals surface area contributed by atoms with Crippen LogP contribution in [0.1, 0.15) is 45.4 Å². The summed E-state index contributed by atoms with van der Waals surface area (Å²) < 4.78 is 5.45. The number of ether oxygens (including phenoxy) is 1. The number of nitrogens with one attached hydrogen (secondary N) is 1. The van der Waals surface area contributed by atoms with Gasteiger partial charge >= 0.3 is 0 Å². The van der Waals surface area contributed by atoms with Crippen molar-refractivity contribution in [3.63, 3.8) is 0 Å². The Balaban J connectivity index is 1.90. The molecule has 0 spiro atoms. The van der Waals surface area contributed by atoms with Gasteiger partial charge in [-0.15, -0.1) is 0 Å². The lowest BCUT2D eigenvalue weighted by Gasteiger charge is -2.37. The Labute approximate surface area is 103 Å². The third-order valence-electron chi connectivity index (χ3n) is 4.02. The first-order valence-electron chi connectivity index (χ1n) is 6.76. The van der Waals surface area contributed by atoms with Crippen LogP contribution < -0.4 is 11.1 Å². The van der Waals surface area contributed by atoms with Crippen molar-refractivity contribution in [1.29, 1.82) is 0 Å². The summed E-state index contributed by atoms with van der Waals surface area (Å²) in [4.78, 5) is 12.2. The highest BCUT2D eigenvalue weighted by Gasteiger charge is 2.34. The molecule has 1 amide bonds. The molecular weight excluding hydrogens is 216 g/mol. The van der Waals surface area contributed by atoms with Crippen molar-refractivity contribution in [3.8, 4) is 0 Å². The van der Waals surface area contributed by atoms with E-state index in [0.717, 1.165) is 45.1 Å². The van der Waals surface area contributed by atoms with Crippen molar-refractivity contribution in [3.05, 3.63) is 0 Å². The van der Waals surface area contributed by atoms with Crippen molar-refractivity contribution < 1.29 is 9.53 Å². The normalized spacial score (nSPS) is 38.7. The van der Waals surface area contributed by atoms with E-state index >= 15 is 0 Å². The lowest BCUT2D eigenvalue weighted by Crippen LogP contribution is -2.55. The number of rotatable bonds is 2. The summed E-state index contributed by atoms with van der Waals surface area (Å²) in [5.74, 6) is 0.132. The van der Waals surface area contributed by atoms with Crippen LogP contribution in [0, 0.1) is 5.92 Å². The van der Waals surface area contributed by atoms with Crippen LogP contribution in [0.4, 0.5) is 0 Å². The van der Waals surface area contributed by atoms with Crippen molar-refractivity contribution in [2.75, 3.05) is 13.2 Å². The van der Waals surface area contributed by atoms with Crippen LogP contribution in [-0.4, -0.2) is 30.7 Å². The maximum Gasteiger partial charge on any atom is 0.225 e. The standard InChI is InChI=1S/C13H24N2O2/c1-13(7-4-8-17-9-13)15-12(16)10-5-2-3-6-11(10)14/h10-11H,2-9,14H2,1H3,(H,15,16). The molecule has 1 saturated carbocycles. The Morgan fingerprint density at radius 3 is 2.76 bits per heavy atom. The average molecular weight is 240 g/mol. The summed E-state index contributed by atoms with van der Waals surface area (Å²) in [6.07, 6.45) is 6.22. The van der Waals surface area contributed by atoms with Gasteiger partial charge in [-0.3, -0.25) is 4.79 Å². The second kappa shape index (κ2) is 5.36. The number of carbonyl (C=O) groups excluding carboxylic acids is 1. The van der Waals surface area contributed by atoms with Crippen LogP contribution >= 0.6 is 0 Å². The van der Waals surface area contributed by atoms with Gasteiger partial charge in [0.25, 0.3) is 0 Å². The van der Waals surface area contributed by atoms with Crippen molar-refractivity contribution >= 4 is 5.91 Å². The summed E-state index contributed by atoms with van der Waals surface area (Å²) in [5.41, 5.74) is 5.85. The highest BCUT2D eigenvalue weighted by Crippen LogP contribution is 2.25. The average Bonchev–Trinajstić information content (AvgIpc) is 2.29. The van der Waals surface area contributed by atoms with Crippen LogP contribution in [-0.2, 0) is 9.53 Å². The zero-order valence-corrected chi connectivity index (χ0v) is 10.7. The molecule has 2 aliphatic rings. The molecule has 1 heterocycles. The molecule has 17 heavy (non-hydrogen) atoms. The van der Waals surface area contributed by atoms with Gasteiger partial charge in [-0.25, -0.2) is 0 Å². The number of hydrogen-bond acceptors (Lipinski definition) is 3. The van der Waals surface area contributed by atoms with Crippen molar-refractivity contribution in [2.24, 2.45) is 11.7 Å². The van der Waals surface area contributed by atoms with Crippen LogP contribution in [0.25, 0.3) is 0 Å². The predicted molar refractivity (Wildman–Crippen MR) is 66.5 cm³/mol. The van der Waals surface area contributed by atoms with Gasteiger partial charge in [-0.1, -0.05) is 12.8 Å². The largest absolute Gasteiger partial charge is 0.379 e. The maximum absolute atomic E-state index is 12.2. The minimum absolute atomic E-state index is 0.00232. The third kappa shape index (κ3) is 3.19. The number of carbonyl (C=O) groups is 1. The fraction of sp³-hybridized carbons (Fsp3) is 0.923. The first-order chi connectivity index (χ1) is 8.11. The molecule has 3 unspecified atom stereocenters. The Bertz CT molecular complexity index is 275. The summed E-state index contributed by atoms with van der Waals surface area (Å²) >= 11 is 0. The summed E-state index contributed by atoms with van der Waals surface area (Å²) in [6, 6.07) is 0.0388. The van der Waals surface area contributed by atoms with E-state index < -0.39 is 0 Å². The maximum atomic E-state index is 12.2. The molecule has 1 aliphatic heterocycles. The minimum atomic E-state index is -0.188. The predicted octanol–water partition coefficient (Wildman–Crippen LogP) is 1.19. The Morgan fingerprint density at radius 2 is 2.12 bits per heavy atom. The molecule has 1 aliphatic carbocycles. The minimum Gasteiger partial charge on any atom is -0.379 e. The molecule has 3 atom stereocenters. The number of nitrogens with two attached hydrogens (primary N) is 1. The van der Waals surface area contributed by atoms with Gasteiger partial charge in [0.2, 0.25) is 5.91 Å². The lowest BCUT2D eigenvalue weighted by molar-refractivity contribution is -0.130. The van der Waals surface area contributed by atoms with Gasteiger partial charge in [0.15, 0.2) is 0 Å². The second-order valence-corrected chi connectivity index (χ2v) is 5.76. The van der Waals surface area contributed by atoms with E-state index in [2.05, 4.69) is 12.2 Å². The Hall–Kier alpha value is -0.610. The molecule has 0 bridgehead atoms. The van der Waals surface area contributed by atoms with E-state index in [1.54, 1.807) is 0 Å². The topological polar surface area (TPSA) is 64.4 Å². The zero-order valence-electron chi connectivity index (χ0n) is 10.7. The quantitative estimate of drug-likeness (QED) is 0.762. The van der Waals surface area contributed by atoms with E-state index in [9.17, 15) is 4.79 Å². The van der Waals surface area contributed by atoms with Crippen LogP contribution in [0.2, 0.25) is 0 Å².